The lowest BCUT2D eigenvalue weighted by molar-refractivity contribution is 0.0473. The zero-order valence-corrected chi connectivity index (χ0v) is 16.7. The highest BCUT2D eigenvalue weighted by atomic mass is 32.2. The number of morpholine rings is 1. The SMILES string of the molecule is COc1ccccc1C(=O)COC(=O)c1cccc(S(=O)(=O)N2CCOCC2)c1. The molecular formula is C20H21NO7S. The quantitative estimate of drug-likeness (QED) is 0.498. The monoisotopic (exact) mass is 419 g/mol. The Morgan fingerprint density at radius 3 is 2.52 bits per heavy atom. The number of ketones is 1. The van der Waals surface area contributed by atoms with Gasteiger partial charge in [0.1, 0.15) is 5.75 Å². The minimum absolute atomic E-state index is 0.00935. The molecular weight excluding hydrogens is 398 g/mol. The zero-order valence-electron chi connectivity index (χ0n) is 15.9. The largest absolute Gasteiger partial charge is 0.496 e. The molecule has 2 aromatic rings. The van der Waals surface area contributed by atoms with Gasteiger partial charge in [0.05, 0.1) is 36.3 Å². The van der Waals surface area contributed by atoms with E-state index in [2.05, 4.69) is 0 Å². The Morgan fingerprint density at radius 1 is 1.07 bits per heavy atom. The first-order valence-corrected chi connectivity index (χ1v) is 10.4. The molecule has 1 aliphatic rings. The second-order valence-electron chi connectivity index (χ2n) is 6.24. The number of methoxy groups -OCH3 is 1. The first kappa shape index (κ1) is 21.0. The molecule has 1 fully saturated rings. The van der Waals surface area contributed by atoms with Gasteiger partial charge in [0.2, 0.25) is 15.8 Å². The molecule has 0 spiro atoms. The zero-order chi connectivity index (χ0) is 20.9. The molecule has 1 saturated heterocycles. The van der Waals surface area contributed by atoms with Crippen LogP contribution in [0.2, 0.25) is 0 Å². The van der Waals surface area contributed by atoms with Crippen LogP contribution >= 0.6 is 0 Å². The van der Waals surface area contributed by atoms with E-state index < -0.39 is 28.4 Å². The number of sulfonamides is 1. The van der Waals surface area contributed by atoms with Gasteiger partial charge in [-0.25, -0.2) is 13.2 Å². The predicted molar refractivity (Wildman–Crippen MR) is 104 cm³/mol. The Morgan fingerprint density at radius 2 is 1.79 bits per heavy atom. The Balaban J connectivity index is 1.70. The van der Waals surface area contributed by atoms with Gasteiger partial charge in [-0.2, -0.15) is 4.31 Å². The summed E-state index contributed by atoms with van der Waals surface area (Å²) in [7, 11) is -2.30. The molecule has 0 saturated carbocycles. The van der Waals surface area contributed by atoms with Crippen molar-refractivity contribution in [2.45, 2.75) is 4.90 Å². The summed E-state index contributed by atoms with van der Waals surface area (Å²) in [6.45, 7) is 0.673. The highest BCUT2D eigenvalue weighted by Gasteiger charge is 2.27. The highest BCUT2D eigenvalue weighted by Crippen LogP contribution is 2.20. The van der Waals surface area contributed by atoms with E-state index in [0.29, 0.717) is 24.5 Å². The van der Waals surface area contributed by atoms with Gasteiger partial charge in [-0.15, -0.1) is 0 Å². The van der Waals surface area contributed by atoms with Gasteiger partial charge in [0.15, 0.2) is 6.61 Å². The van der Waals surface area contributed by atoms with Crippen LogP contribution in [0.5, 0.6) is 5.75 Å². The molecule has 8 nitrogen and oxygen atoms in total. The lowest BCUT2D eigenvalue weighted by Crippen LogP contribution is -2.40. The molecule has 1 aliphatic heterocycles. The van der Waals surface area contributed by atoms with E-state index in [4.69, 9.17) is 14.2 Å². The minimum atomic E-state index is -3.74. The molecule has 0 radical (unpaired) electrons. The van der Waals surface area contributed by atoms with Crippen molar-refractivity contribution in [3.05, 3.63) is 59.7 Å². The normalized spacial score (nSPS) is 14.9. The van der Waals surface area contributed by atoms with Crippen molar-refractivity contribution in [1.29, 1.82) is 0 Å². The molecule has 2 aromatic carbocycles. The lowest BCUT2D eigenvalue weighted by atomic mass is 10.1. The fourth-order valence-corrected chi connectivity index (χ4v) is 4.34. The molecule has 0 atom stereocenters. The van der Waals surface area contributed by atoms with Gasteiger partial charge in [0.25, 0.3) is 0 Å². The van der Waals surface area contributed by atoms with Crippen molar-refractivity contribution in [2.24, 2.45) is 0 Å². The summed E-state index contributed by atoms with van der Waals surface area (Å²) in [6.07, 6.45) is 0. The number of hydrogen-bond donors (Lipinski definition) is 0. The van der Waals surface area contributed by atoms with Crippen LogP contribution in [0.25, 0.3) is 0 Å². The molecule has 0 aromatic heterocycles. The summed E-state index contributed by atoms with van der Waals surface area (Å²) in [5.41, 5.74) is 0.346. The fourth-order valence-electron chi connectivity index (χ4n) is 2.89. The van der Waals surface area contributed by atoms with Crippen LogP contribution in [0.15, 0.2) is 53.4 Å². The smallest absolute Gasteiger partial charge is 0.338 e. The van der Waals surface area contributed by atoms with Crippen molar-refractivity contribution in [3.63, 3.8) is 0 Å². The summed E-state index contributed by atoms with van der Waals surface area (Å²) in [4.78, 5) is 24.7. The van der Waals surface area contributed by atoms with E-state index in [1.165, 1.54) is 35.7 Å². The average molecular weight is 419 g/mol. The topological polar surface area (TPSA) is 99.2 Å². The second kappa shape index (κ2) is 9.17. The Hall–Kier alpha value is -2.75. The highest BCUT2D eigenvalue weighted by molar-refractivity contribution is 7.89. The third-order valence-corrected chi connectivity index (χ3v) is 6.31. The van der Waals surface area contributed by atoms with E-state index in [9.17, 15) is 18.0 Å². The maximum atomic E-state index is 12.7. The molecule has 154 valence electrons. The van der Waals surface area contributed by atoms with E-state index in [1.54, 1.807) is 24.3 Å². The van der Waals surface area contributed by atoms with E-state index >= 15 is 0 Å². The average Bonchev–Trinajstić information content (AvgIpc) is 2.77. The van der Waals surface area contributed by atoms with Crippen LogP contribution in [0.3, 0.4) is 0 Å². The van der Waals surface area contributed by atoms with Crippen LogP contribution < -0.4 is 4.74 Å². The van der Waals surface area contributed by atoms with Crippen molar-refractivity contribution >= 4 is 21.8 Å². The molecule has 0 unspecified atom stereocenters. The predicted octanol–water partition coefficient (Wildman–Crippen LogP) is 1.76. The third-order valence-electron chi connectivity index (χ3n) is 4.42. The van der Waals surface area contributed by atoms with Crippen LogP contribution in [0.4, 0.5) is 0 Å². The molecule has 29 heavy (non-hydrogen) atoms. The van der Waals surface area contributed by atoms with Crippen LogP contribution in [-0.4, -0.2) is 64.5 Å². The number of nitrogens with zero attached hydrogens (tertiary/aromatic N) is 1. The standard InChI is InChI=1S/C20H21NO7S/c1-26-19-8-3-2-7-17(19)18(22)14-28-20(23)15-5-4-6-16(13-15)29(24,25)21-9-11-27-12-10-21/h2-8,13H,9-12,14H2,1H3. The van der Waals surface area contributed by atoms with Crippen molar-refractivity contribution < 1.29 is 32.2 Å². The molecule has 0 aliphatic carbocycles. The van der Waals surface area contributed by atoms with Crippen LogP contribution in [-0.2, 0) is 19.5 Å². The molecule has 0 amide bonds. The van der Waals surface area contributed by atoms with Crippen molar-refractivity contribution in [3.8, 4) is 5.75 Å². The number of rotatable bonds is 7. The lowest BCUT2D eigenvalue weighted by Gasteiger charge is -2.26. The van der Waals surface area contributed by atoms with E-state index in [0.717, 1.165) is 0 Å². The molecule has 1 heterocycles. The van der Waals surface area contributed by atoms with Gasteiger partial charge >= 0.3 is 5.97 Å². The van der Waals surface area contributed by atoms with Gasteiger partial charge in [0, 0.05) is 13.1 Å². The van der Waals surface area contributed by atoms with E-state index in [-0.39, 0.29) is 23.5 Å². The Bertz CT molecular complexity index is 997. The van der Waals surface area contributed by atoms with Gasteiger partial charge in [-0.05, 0) is 30.3 Å². The number of Topliss-reactive ketones (excluding diaryl/α,β-unsaturated/α-hetero) is 1. The Kier molecular flexibility index (Phi) is 6.63. The summed E-state index contributed by atoms with van der Waals surface area (Å²) in [6, 6.07) is 12.2. The third kappa shape index (κ3) is 4.81. The summed E-state index contributed by atoms with van der Waals surface area (Å²) < 4.78 is 42.2. The number of benzene rings is 2. The van der Waals surface area contributed by atoms with Crippen LogP contribution in [0.1, 0.15) is 20.7 Å². The molecule has 0 bridgehead atoms. The molecule has 0 N–H and O–H groups in total. The number of esters is 1. The number of para-hydroxylation sites is 1. The van der Waals surface area contributed by atoms with Gasteiger partial charge < -0.3 is 14.2 Å². The first-order valence-electron chi connectivity index (χ1n) is 8.95. The summed E-state index contributed by atoms with van der Waals surface area (Å²) in [5, 5.41) is 0. The number of hydrogen-bond acceptors (Lipinski definition) is 7. The van der Waals surface area contributed by atoms with Crippen molar-refractivity contribution in [2.75, 3.05) is 40.0 Å². The minimum Gasteiger partial charge on any atom is -0.496 e. The molecule has 9 heteroatoms. The Labute approximate surface area is 169 Å². The second-order valence-corrected chi connectivity index (χ2v) is 8.18. The summed E-state index contributed by atoms with van der Waals surface area (Å²) in [5.74, 6) is -0.827. The number of carbonyl (C=O) groups excluding carboxylic acids is 2. The summed E-state index contributed by atoms with van der Waals surface area (Å²) >= 11 is 0. The maximum absolute atomic E-state index is 12.7. The van der Waals surface area contributed by atoms with Gasteiger partial charge in [-0.3, -0.25) is 4.79 Å². The van der Waals surface area contributed by atoms with Crippen LogP contribution in [0, 0.1) is 0 Å². The number of ether oxygens (including phenoxy) is 3. The molecule has 3 rings (SSSR count). The maximum Gasteiger partial charge on any atom is 0.338 e. The fraction of sp³-hybridized carbons (Fsp3) is 0.300. The van der Waals surface area contributed by atoms with Gasteiger partial charge in [-0.1, -0.05) is 18.2 Å². The van der Waals surface area contributed by atoms with E-state index in [1.807, 2.05) is 0 Å². The van der Waals surface area contributed by atoms with Crippen molar-refractivity contribution in [1.82, 2.24) is 4.31 Å². The first-order chi connectivity index (χ1) is 13.9. The number of carbonyl (C=O) groups is 2.